The number of likely N-dealkylation sites (tertiary alicyclic amines) is 1. The summed E-state index contributed by atoms with van der Waals surface area (Å²) in [7, 11) is 0. The first-order valence-corrected chi connectivity index (χ1v) is 10.7. The van der Waals surface area contributed by atoms with Crippen molar-refractivity contribution in [2.45, 2.75) is 25.7 Å². The summed E-state index contributed by atoms with van der Waals surface area (Å²) in [5.74, 6) is -0.0586. The van der Waals surface area contributed by atoms with Crippen LogP contribution >= 0.6 is 0 Å². The predicted octanol–water partition coefficient (Wildman–Crippen LogP) is 3.24. The molecule has 2 atom stereocenters. The molecule has 31 heavy (non-hydrogen) atoms. The third-order valence-electron chi connectivity index (χ3n) is 5.81. The summed E-state index contributed by atoms with van der Waals surface area (Å²) < 4.78 is 0. The van der Waals surface area contributed by atoms with Gasteiger partial charge in [-0.2, -0.15) is 5.10 Å². The van der Waals surface area contributed by atoms with Crippen molar-refractivity contribution in [1.29, 1.82) is 0 Å². The van der Waals surface area contributed by atoms with Crippen LogP contribution in [0.4, 0.5) is 0 Å². The van der Waals surface area contributed by atoms with E-state index in [4.69, 9.17) is 0 Å². The molecule has 3 aromatic rings. The van der Waals surface area contributed by atoms with Gasteiger partial charge >= 0.3 is 0 Å². The van der Waals surface area contributed by atoms with E-state index in [0.717, 1.165) is 18.4 Å². The maximum Gasteiger partial charge on any atom is 0.271 e. The lowest BCUT2D eigenvalue weighted by atomic mass is 9.96. The molecule has 1 fully saturated rings. The van der Waals surface area contributed by atoms with Gasteiger partial charge in [0.15, 0.2) is 0 Å². The van der Waals surface area contributed by atoms with Crippen molar-refractivity contribution < 1.29 is 9.59 Å². The number of carbonyl (C=O) groups is 2. The molecule has 0 bridgehead atoms. The van der Waals surface area contributed by atoms with Crippen molar-refractivity contribution in [3.8, 4) is 11.3 Å². The summed E-state index contributed by atoms with van der Waals surface area (Å²) in [6.45, 7) is 3.76. The molecule has 2 amide bonds. The van der Waals surface area contributed by atoms with Crippen LogP contribution < -0.4 is 5.32 Å². The molecule has 7 heteroatoms. The molecule has 2 N–H and O–H groups in total. The first-order valence-electron chi connectivity index (χ1n) is 10.7. The fourth-order valence-corrected chi connectivity index (χ4v) is 3.95. The maximum absolute atomic E-state index is 13.0. The molecule has 4 rings (SSSR count). The topological polar surface area (TPSA) is 91.0 Å². The van der Waals surface area contributed by atoms with E-state index in [9.17, 15) is 9.59 Å². The number of nitrogens with zero attached hydrogens (tertiary/aromatic N) is 3. The maximum atomic E-state index is 13.0. The second kappa shape index (κ2) is 9.55. The molecule has 1 aromatic carbocycles. The zero-order chi connectivity index (χ0) is 21.6. The molecule has 1 aliphatic heterocycles. The number of hydrogen-bond acceptors (Lipinski definition) is 4. The molecule has 1 aliphatic rings. The van der Waals surface area contributed by atoms with Gasteiger partial charge in [-0.25, -0.2) is 0 Å². The molecule has 3 heterocycles. The van der Waals surface area contributed by atoms with E-state index in [-0.39, 0.29) is 23.7 Å². The summed E-state index contributed by atoms with van der Waals surface area (Å²) in [6, 6.07) is 15.6. The highest BCUT2D eigenvalue weighted by Gasteiger charge is 2.29. The van der Waals surface area contributed by atoms with Gasteiger partial charge in [0.05, 0.1) is 11.6 Å². The summed E-state index contributed by atoms with van der Waals surface area (Å²) in [4.78, 5) is 31.5. The number of carbonyl (C=O) groups excluding carboxylic acids is 2. The largest absolute Gasteiger partial charge is 0.355 e. The zero-order valence-corrected chi connectivity index (χ0v) is 17.6. The van der Waals surface area contributed by atoms with Gasteiger partial charge in [-0.15, -0.1) is 0 Å². The second-order valence-electron chi connectivity index (χ2n) is 8.05. The number of H-pyrrole nitrogens is 1. The van der Waals surface area contributed by atoms with E-state index in [1.807, 2.05) is 30.3 Å². The van der Waals surface area contributed by atoms with Gasteiger partial charge in [-0.1, -0.05) is 37.3 Å². The van der Waals surface area contributed by atoms with Gasteiger partial charge in [0.2, 0.25) is 5.91 Å². The molecule has 0 spiro atoms. The number of pyridine rings is 1. The Morgan fingerprint density at radius 1 is 1.19 bits per heavy atom. The van der Waals surface area contributed by atoms with E-state index in [2.05, 4.69) is 39.6 Å². The second-order valence-corrected chi connectivity index (χ2v) is 8.05. The fourth-order valence-electron chi connectivity index (χ4n) is 3.95. The summed E-state index contributed by atoms with van der Waals surface area (Å²) >= 11 is 0. The summed E-state index contributed by atoms with van der Waals surface area (Å²) in [5, 5.41) is 10.2. The molecule has 0 aliphatic carbocycles. The zero-order valence-electron chi connectivity index (χ0n) is 17.6. The van der Waals surface area contributed by atoms with Crippen molar-refractivity contribution >= 4 is 11.8 Å². The lowest BCUT2D eigenvalue weighted by molar-refractivity contribution is -0.126. The van der Waals surface area contributed by atoms with Gasteiger partial charge in [-0.3, -0.25) is 19.7 Å². The van der Waals surface area contributed by atoms with Crippen LogP contribution in [0, 0.1) is 5.92 Å². The van der Waals surface area contributed by atoms with Gasteiger partial charge in [-0.05, 0) is 42.5 Å². The van der Waals surface area contributed by atoms with Crippen LogP contribution in [0.25, 0.3) is 11.3 Å². The molecule has 0 unspecified atom stereocenters. The minimum absolute atomic E-state index is 0.0161. The molecule has 2 aromatic heterocycles. The molecule has 7 nitrogen and oxygen atoms in total. The number of aromatic nitrogens is 3. The van der Waals surface area contributed by atoms with Gasteiger partial charge in [0.1, 0.15) is 5.69 Å². The van der Waals surface area contributed by atoms with Crippen molar-refractivity contribution in [1.82, 2.24) is 25.4 Å². The highest BCUT2D eigenvalue weighted by atomic mass is 16.2. The molecule has 0 saturated carbocycles. The Hall–Kier alpha value is -3.48. The average molecular weight is 418 g/mol. The van der Waals surface area contributed by atoms with Crippen LogP contribution in [0.3, 0.4) is 0 Å². The number of piperidine rings is 1. The molecule has 0 radical (unpaired) electrons. The minimum atomic E-state index is -0.191. The van der Waals surface area contributed by atoms with E-state index in [1.54, 1.807) is 23.4 Å². The van der Waals surface area contributed by atoms with E-state index < -0.39 is 0 Å². The smallest absolute Gasteiger partial charge is 0.271 e. The monoisotopic (exact) mass is 417 g/mol. The highest BCUT2D eigenvalue weighted by Crippen LogP contribution is 2.21. The SMILES string of the molecule is C[C@@H](CNC(=O)[C@H]1CCCN(C(=O)c2cc(-c3ccncc3)n[nH]2)C1)c1ccccc1. The van der Waals surface area contributed by atoms with Crippen LogP contribution in [0.15, 0.2) is 60.9 Å². The van der Waals surface area contributed by atoms with Crippen molar-refractivity contribution in [2.75, 3.05) is 19.6 Å². The van der Waals surface area contributed by atoms with Crippen LogP contribution in [0.1, 0.15) is 41.7 Å². The van der Waals surface area contributed by atoms with Crippen LogP contribution in [-0.4, -0.2) is 51.5 Å². The van der Waals surface area contributed by atoms with E-state index in [1.165, 1.54) is 5.56 Å². The van der Waals surface area contributed by atoms with Gasteiger partial charge in [0.25, 0.3) is 5.91 Å². The van der Waals surface area contributed by atoms with Crippen LogP contribution in [0.5, 0.6) is 0 Å². The Bertz CT molecular complexity index is 1020. The molecular weight excluding hydrogens is 390 g/mol. The average Bonchev–Trinajstić information content (AvgIpc) is 3.33. The van der Waals surface area contributed by atoms with Gasteiger partial charge in [0, 0.05) is 37.6 Å². The Morgan fingerprint density at radius 3 is 2.74 bits per heavy atom. The third kappa shape index (κ3) is 4.99. The number of nitrogens with one attached hydrogen (secondary N) is 2. The standard InChI is InChI=1S/C24H27N5O2/c1-17(18-6-3-2-4-7-18)15-26-23(30)20-8-5-13-29(16-20)24(31)22-14-21(27-28-22)19-9-11-25-12-10-19/h2-4,6-7,9-12,14,17,20H,5,8,13,15-16H2,1H3,(H,26,30)(H,27,28)/t17-,20-/m0/s1. The number of hydrogen-bond donors (Lipinski definition) is 2. The highest BCUT2D eigenvalue weighted by molar-refractivity contribution is 5.94. The lowest BCUT2D eigenvalue weighted by Crippen LogP contribution is -2.46. The minimum Gasteiger partial charge on any atom is -0.355 e. The van der Waals surface area contributed by atoms with Crippen LogP contribution in [-0.2, 0) is 4.79 Å². The van der Waals surface area contributed by atoms with E-state index in [0.29, 0.717) is 31.0 Å². The van der Waals surface area contributed by atoms with Gasteiger partial charge < -0.3 is 10.2 Å². The normalized spacial score (nSPS) is 17.2. The third-order valence-corrected chi connectivity index (χ3v) is 5.81. The van der Waals surface area contributed by atoms with Crippen molar-refractivity contribution in [3.05, 3.63) is 72.2 Å². The quantitative estimate of drug-likeness (QED) is 0.644. The Morgan fingerprint density at radius 2 is 1.97 bits per heavy atom. The Balaban J connectivity index is 1.34. The first-order chi connectivity index (χ1) is 15.1. The van der Waals surface area contributed by atoms with Crippen molar-refractivity contribution in [2.24, 2.45) is 5.92 Å². The fraction of sp³-hybridized carbons (Fsp3) is 0.333. The number of rotatable bonds is 6. The van der Waals surface area contributed by atoms with Crippen LogP contribution in [0.2, 0.25) is 0 Å². The Labute approximate surface area is 181 Å². The Kier molecular flexibility index (Phi) is 6.40. The number of amides is 2. The number of benzene rings is 1. The first kappa shape index (κ1) is 20.8. The van der Waals surface area contributed by atoms with Crippen molar-refractivity contribution in [3.63, 3.8) is 0 Å². The molecular formula is C24H27N5O2. The summed E-state index contributed by atoms with van der Waals surface area (Å²) in [5.41, 5.74) is 3.23. The van der Waals surface area contributed by atoms with E-state index >= 15 is 0 Å². The lowest BCUT2D eigenvalue weighted by Gasteiger charge is -2.32. The molecule has 160 valence electrons. The molecule has 1 saturated heterocycles. The number of aromatic amines is 1. The predicted molar refractivity (Wildman–Crippen MR) is 118 cm³/mol. The summed E-state index contributed by atoms with van der Waals surface area (Å²) in [6.07, 6.45) is 4.99.